The number of nitrogens with one attached hydrogen (secondary N) is 2. The highest BCUT2D eigenvalue weighted by Crippen LogP contribution is 2.33. The van der Waals surface area contributed by atoms with Crippen LogP contribution in [0.3, 0.4) is 0 Å². The Morgan fingerprint density at radius 1 is 1.29 bits per heavy atom. The molecule has 0 fully saturated rings. The molecule has 0 aliphatic carbocycles. The number of halogens is 3. The summed E-state index contributed by atoms with van der Waals surface area (Å²) in [6.45, 7) is 2.39. The van der Waals surface area contributed by atoms with E-state index in [2.05, 4.69) is 10.6 Å². The van der Waals surface area contributed by atoms with E-state index >= 15 is 0 Å². The van der Waals surface area contributed by atoms with Gasteiger partial charge in [0.05, 0.1) is 15.7 Å². The van der Waals surface area contributed by atoms with E-state index in [9.17, 15) is 4.79 Å². The minimum Gasteiger partial charge on any atom is -0.323 e. The Morgan fingerprint density at radius 3 is 2.29 bits per heavy atom. The van der Waals surface area contributed by atoms with Gasteiger partial charge >= 0.3 is 0 Å². The zero-order valence-corrected chi connectivity index (χ0v) is 11.7. The molecule has 1 rings (SSSR count). The molecule has 0 saturated carbocycles. The summed E-state index contributed by atoms with van der Waals surface area (Å²) in [6, 6.07) is 3.07. The normalized spacial score (nSPS) is 12.3. The fourth-order valence-electron chi connectivity index (χ4n) is 1.31. The third-order valence-corrected chi connectivity index (χ3v) is 3.03. The second-order valence-corrected chi connectivity index (χ2v) is 4.94. The first-order valence-corrected chi connectivity index (χ1v) is 6.19. The molecule has 0 aliphatic rings. The highest BCUT2D eigenvalue weighted by molar-refractivity contribution is 6.42. The molecule has 0 saturated heterocycles. The molecule has 0 heterocycles. The van der Waals surface area contributed by atoms with E-state index in [-0.39, 0.29) is 11.8 Å². The molecule has 1 amide bonds. The molecular weight excluding hydrogens is 282 g/mol. The van der Waals surface area contributed by atoms with Crippen molar-refractivity contribution in [2.24, 2.45) is 5.92 Å². The molecule has 17 heavy (non-hydrogen) atoms. The first-order chi connectivity index (χ1) is 7.95. The second kappa shape index (κ2) is 6.45. The molecule has 3 nitrogen and oxygen atoms in total. The van der Waals surface area contributed by atoms with E-state index in [1.165, 1.54) is 12.1 Å². The summed E-state index contributed by atoms with van der Waals surface area (Å²) in [5.74, 6) is -0.326. The van der Waals surface area contributed by atoms with Gasteiger partial charge in [0.15, 0.2) is 0 Å². The summed E-state index contributed by atoms with van der Waals surface area (Å²) < 4.78 is 0. The van der Waals surface area contributed by atoms with Gasteiger partial charge in [0.1, 0.15) is 0 Å². The van der Waals surface area contributed by atoms with Crippen molar-refractivity contribution in [1.82, 2.24) is 5.32 Å². The van der Waals surface area contributed by atoms with E-state index in [1.807, 2.05) is 6.92 Å². The van der Waals surface area contributed by atoms with Crippen LogP contribution in [0.5, 0.6) is 0 Å². The predicted molar refractivity (Wildman–Crippen MR) is 73.2 cm³/mol. The van der Waals surface area contributed by atoms with Crippen molar-refractivity contribution in [1.29, 1.82) is 0 Å². The Labute approximate surface area is 115 Å². The van der Waals surface area contributed by atoms with Crippen LogP contribution in [-0.4, -0.2) is 19.5 Å². The van der Waals surface area contributed by atoms with Crippen LogP contribution < -0.4 is 10.6 Å². The van der Waals surface area contributed by atoms with Gasteiger partial charge in [-0.3, -0.25) is 4.79 Å². The maximum absolute atomic E-state index is 11.8. The smallest absolute Gasteiger partial charge is 0.228 e. The molecule has 0 spiro atoms. The zero-order chi connectivity index (χ0) is 13.0. The van der Waals surface area contributed by atoms with E-state index in [1.54, 1.807) is 7.05 Å². The summed E-state index contributed by atoms with van der Waals surface area (Å²) in [6.07, 6.45) is 0. The lowest BCUT2D eigenvalue weighted by molar-refractivity contribution is -0.119. The molecule has 1 atom stereocenters. The third kappa shape index (κ3) is 4.03. The first-order valence-electron chi connectivity index (χ1n) is 5.05. The van der Waals surface area contributed by atoms with Crippen molar-refractivity contribution in [3.8, 4) is 0 Å². The SMILES string of the molecule is CNCC(C)C(=O)Nc1c(Cl)cc(Cl)cc1Cl. The summed E-state index contributed by atoms with van der Waals surface area (Å²) >= 11 is 17.7. The van der Waals surface area contributed by atoms with Crippen LogP contribution in [0.25, 0.3) is 0 Å². The topological polar surface area (TPSA) is 41.1 Å². The number of carbonyl (C=O) groups excluding carboxylic acids is 1. The van der Waals surface area contributed by atoms with Gasteiger partial charge in [-0.25, -0.2) is 0 Å². The van der Waals surface area contributed by atoms with Gasteiger partial charge in [-0.15, -0.1) is 0 Å². The van der Waals surface area contributed by atoms with Gasteiger partial charge in [0, 0.05) is 17.5 Å². The Morgan fingerprint density at radius 2 is 1.82 bits per heavy atom. The quantitative estimate of drug-likeness (QED) is 0.893. The largest absolute Gasteiger partial charge is 0.323 e. The zero-order valence-electron chi connectivity index (χ0n) is 9.48. The monoisotopic (exact) mass is 294 g/mol. The van der Waals surface area contributed by atoms with Gasteiger partial charge in [-0.2, -0.15) is 0 Å². The predicted octanol–water partition coefficient (Wildman–Crippen LogP) is 3.44. The lowest BCUT2D eigenvalue weighted by Crippen LogP contribution is -2.28. The summed E-state index contributed by atoms with van der Waals surface area (Å²) in [7, 11) is 1.78. The Bertz CT molecular complexity index is 400. The van der Waals surface area contributed by atoms with Crippen LogP contribution in [0.15, 0.2) is 12.1 Å². The molecule has 1 aromatic carbocycles. The van der Waals surface area contributed by atoms with Gasteiger partial charge in [0.25, 0.3) is 0 Å². The average Bonchev–Trinajstić information content (AvgIpc) is 2.23. The fourth-order valence-corrected chi connectivity index (χ4v) is 2.22. The van der Waals surface area contributed by atoms with Gasteiger partial charge in [0.2, 0.25) is 5.91 Å². The maximum atomic E-state index is 11.8. The Balaban J connectivity index is 2.85. The number of anilines is 1. The van der Waals surface area contributed by atoms with Crippen molar-refractivity contribution >= 4 is 46.4 Å². The molecule has 0 aromatic heterocycles. The highest BCUT2D eigenvalue weighted by Gasteiger charge is 2.15. The van der Waals surface area contributed by atoms with Crippen LogP contribution in [-0.2, 0) is 4.79 Å². The maximum Gasteiger partial charge on any atom is 0.228 e. The highest BCUT2D eigenvalue weighted by atomic mass is 35.5. The summed E-state index contributed by atoms with van der Waals surface area (Å²) in [5.41, 5.74) is 0.394. The van der Waals surface area contributed by atoms with Crippen molar-refractivity contribution in [3.63, 3.8) is 0 Å². The second-order valence-electron chi connectivity index (χ2n) is 3.69. The van der Waals surface area contributed by atoms with Crippen LogP contribution in [0.4, 0.5) is 5.69 Å². The Kier molecular flexibility index (Phi) is 5.53. The number of rotatable bonds is 4. The Hall–Kier alpha value is -0.480. The summed E-state index contributed by atoms with van der Waals surface area (Å²) in [5, 5.41) is 6.70. The minimum atomic E-state index is -0.178. The van der Waals surface area contributed by atoms with E-state index in [0.29, 0.717) is 27.3 Å². The van der Waals surface area contributed by atoms with Crippen molar-refractivity contribution < 1.29 is 4.79 Å². The fraction of sp³-hybridized carbons (Fsp3) is 0.364. The van der Waals surface area contributed by atoms with Gasteiger partial charge in [-0.1, -0.05) is 41.7 Å². The van der Waals surface area contributed by atoms with Crippen molar-refractivity contribution in [2.75, 3.05) is 18.9 Å². The molecule has 6 heteroatoms. The number of hydrogen-bond donors (Lipinski definition) is 2. The van der Waals surface area contributed by atoms with Crippen LogP contribution in [0.2, 0.25) is 15.1 Å². The number of carbonyl (C=O) groups is 1. The van der Waals surface area contributed by atoms with Crippen LogP contribution >= 0.6 is 34.8 Å². The molecule has 1 aromatic rings. The molecule has 1 unspecified atom stereocenters. The van der Waals surface area contributed by atoms with E-state index < -0.39 is 0 Å². The van der Waals surface area contributed by atoms with Crippen LogP contribution in [0, 0.1) is 5.92 Å². The molecule has 0 aliphatic heterocycles. The van der Waals surface area contributed by atoms with Crippen molar-refractivity contribution in [3.05, 3.63) is 27.2 Å². The number of benzene rings is 1. The van der Waals surface area contributed by atoms with Crippen molar-refractivity contribution in [2.45, 2.75) is 6.92 Å². The standard InChI is InChI=1S/C11H13Cl3N2O/c1-6(5-15-2)11(17)16-10-8(13)3-7(12)4-9(10)14/h3-4,6,15H,5H2,1-2H3,(H,16,17). The lowest BCUT2D eigenvalue weighted by atomic mass is 10.1. The van der Waals surface area contributed by atoms with Crippen LogP contribution in [0.1, 0.15) is 6.92 Å². The number of hydrogen-bond acceptors (Lipinski definition) is 2. The minimum absolute atomic E-state index is 0.148. The average molecular weight is 296 g/mol. The first kappa shape index (κ1) is 14.6. The molecule has 94 valence electrons. The van der Waals surface area contributed by atoms with Gasteiger partial charge in [-0.05, 0) is 19.2 Å². The van der Waals surface area contributed by atoms with E-state index in [4.69, 9.17) is 34.8 Å². The number of amides is 1. The molecule has 2 N–H and O–H groups in total. The lowest BCUT2D eigenvalue weighted by Gasteiger charge is -2.14. The van der Waals surface area contributed by atoms with Gasteiger partial charge < -0.3 is 10.6 Å². The molecule has 0 bridgehead atoms. The third-order valence-electron chi connectivity index (χ3n) is 2.21. The summed E-state index contributed by atoms with van der Waals surface area (Å²) in [4.78, 5) is 11.8. The van der Waals surface area contributed by atoms with E-state index in [0.717, 1.165) is 0 Å². The molecule has 0 radical (unpaired) electrons. The molecular formula is C11H13Cl3N2O.